The molecule has 0 aliphatic carbocycles. The summed E-state index contributed by atoms with van der Waals surface area (Å²) in [6.07, 6.45) is 0. The third-order valence-corrected chi connectivity index (χ3v) is 3.28. The Morgan fingerprint density at radius 1 is 1.17 bits per heavy atom. The SMILES string of the molecule is CCOc1ccccc1C(CN(CC)CC)NC. The minimum atomic E-state index is 0.313. The highest BCUT2D eigenvalue weighted by Gasteiger charge is 2.16. The van der Waals surface area contributed by atoms with Crippen molar-refractivity contribution in [3.8, 4) is 5.75 Å². The van der Waals surface area contributed by atoms with E-state index in [9.17, 15) is 0 Å². The molecule has 0 aromatic heterocycles. The van der Waals surface area contributed by atoms with Crippen molar-refractivity contribution in [2.24, 2.45) is 0 Å². The minimum Gasteiger partial charge on any atom is -0.494 e. The zero-order valence-electron chi connectivity index (χ0n) is 12.1. The van der Waals surface area contributed by atoms with E-state index in [0.717, 1.165) is 25.4 Å². The van der Waals surface area contributed by atoms with E-state index in [1.165, 1.54) is 5.56 Å². The van der Waals surface area contributed by atoms with Crippen LogP contribution in [0.2, 0.25) is 0 Å². The van der Waals surface area contributed by atoms with Crippen LogP contribution in [0.25, 0.3) is 0 Å². The topological polar surface area (TPSA) is 24.5 Å². The van der Waals surface area contributed by atoms with Crippen molar-refractivity contribution in [1.82, 2.24) is 10.2 Å². The lowest BCUT2D eigenvalue weighted by atomic mass is 10.1. The van der Waals surface area contributed by atoms with E-state index in [1.54, 1.807) is 0 Å². The highest BCUT2D eigenvalue weighted by molar-refractivity contribution is 5.36. The number of likely N-dealkylation sites (N-methyl/N-ethyl adjacent to an activating group) is 2. The van der Waals surface area contributed by atoms with Crippen LogP contribution >= 0.6 is 0 Å². The number of benzene rings is 1. The van der Waals surface area contributed by atoms with Gasteiger partial charge < -0.3 is 15.0 Å². The summed E-state index contributed by atoms with van der Waals surface area (Å²) in [7, 11) is 2.01. The van der Waals surface area contributed by atoms with E-state index in [0.29, 0.717) is 12.6 Å². The van der Waals surface area contributed by atoms with Crippen LogP contribution in [0.1, 0.15) is 32.4 Å². The molecule has 1 N–H and O–H groups in total. The minimum absolute atomic E-state index is 0.313. The molecule has 1 rings (SSSR count). The van der Waals surface area contributed by atoms with Gasteiger partial charge in [-0.05, 0) is 33.1 Å². The highest BCUT2D eigenvalue weighted by atomic mass is 16.5. The number of hydrogen-bond donors (Lipinski definition) is 1. The number of ether oxygens (including phenoxy) is 1. The van der Waals surface area contributed by atoms with Gasteiger partial charge in [0.1, 0.15) is 5.75 Å². The van der Waals surface area contributed by atoms with Crippen LogP contribution in [0.4, 0.5) is 0 Å². The summed E-state index contributed by atoms with van der Waals surface area (Å²) in [4.78, 5) is 2.42. The van der Waals surface area contributed by atoms with E-state index in [-0.39, 0.29) is 0 Å². The van der Waals surface area contributed by atoms with Crippen molar-refractivity contribution < 1.29 is 4.74 Å². The summed E-state index contributed by atoms with van der Waals surface area (Å²) in [6.45, 7) is 10.3. The van der Waals surface area contributed by atoms with Gasteiger partial charge in [0.25, 0.3) is 0 Å². The van der Waals surface area contributed by atoms with Crippen LogP contribution in [-0.2, 0) is 0 Å². The van der Waals surface area contributed by atoms with Gasteiger partial charge >= 0.3 is 0 Å². The Bertz CT molecular complexity index is 337. The Morgan fingerprint density at radius 2 is 1.83 bits per heavy atom. The number of para-hydroxylation sites is 1. The first-order chi connectivity index (χ1) is 8.76. The van der Waals surface area contributed by atoms with Gasteiger partial charge in [0.2, 0.25) is 0 Å². The van der Waals surface area contributed by atoms with Gasteiger partial charge in [0.15, 0.2) is 0 Å². The van der Waals surface area contributed by atoms with E-state index in [2.05, 4.69) is 36.2 Å². The maximum atomic E-state index is 5.71. The van der Waals surface area contributed by atoms with E-state index < -0.39 is 0 Å². The summed E-state index contributed by atoms with van der Waals surface area (Å²) in [5.41, 5.74) is 1.24. The van der Waals surface area contributed by atoms with Crippen molar-refractivity contribution in [2.45, 2.75) is 26.8 Å². The van der Waals surface area contributed by atoms with E-state index in [1.807, 2.05) is 26.1 Å². The Morgan fingerprint density at radius 3 is 2.39 bits per heavy atom. The van der Waals surface area contributed by atoms with Crippen LogP contribution in [0, 0.1) is 0 Å². The standard InChI is InChI=1S/C15H26N2O/c1-5-17(6-2)12-14(16-4)13-10-8-9-11-15(13)18-7-3/h8-11,14,16H,5-7,12H2,1-4H3. The fourth-order valence-corrected chi connectivity index (χ4v) is 2.14. The molecule has 0 saturated carbocycles. The largest absolute Gasteiger partial charge is 0.494 e. The molecule has 1 unspecified atom stereocenters. The van der Waals surface area contributed by atoms with Crippen LogP contribution < -0.4 is 10.1 Å². The first kappa shape index (κ1) is 15.0. The second-order valence-electron chi connectivity index (χ2n) is 4.30. The summed E-state index contributed by atoms with van der Waals surface area (Å²) < 4.78 is 5.71. The first-order valence-corrected chi connectivity index (χ1v) is 6.88. The molecule has 0 heterocycles. The monoisotopic (exact) mass is 250 g/mol. The van der Waals surface area contributed by atoms with Crippen molar-refractivity contribution >= 4 is 0 Å². The second-order valence-corrected chi connectivity index (χ2v) is 4.30. The Kier molecular flexibility index (Phi) is 6.76. The molecule has 3 heteroatoms. The molecule has 1 atom stereocenters. The van der Waals surface area contributed by atoms with Gasteiger partial charge in [0, 0.05) is 18.2 Å². The molecule has 0 bridgehead atoms. The Hall–Kier alpha value is -1.06. The maximum Gasteiger partial charge on any atom is 0.124 e. The smallest absolute Gasteiger partial charge is 0.124 e. The van der Waals surface area contributed by atoms with Gasteiger partial charge in [-0.2, -0.15) is 0 Å². The van der Waals surface area contributed by atoms with Gasteiger partial charge in [-0.3, -0.25) is 0 Å². The Balaban J connectivity index is 2.86. The number of rotatable bonds is 8. The lowest BCUT2D eigenvalue weighted by Gasteiger charge is -2.26. The van der Waals surface area contributed by atoms with E-state index >= 15 is 0 Å². The molecule has 3 nitrogen and oxygen atoms in total. The molecule has 0 fully saturated rings. The van der Waals surface area contributed by atoms with Crippen molar-refractivity contribution in [1.29, 1.82) is 0 Å². The summed E-state index contributed by atoms with van der Waals surface area (Å²) >= 11 is 0. The quantitative estimate of drug-likeness (QED) is 0.767. The van der Waals surface area contributed by atoms with Gasteiger partial charge in [0.05, 0.1) is 6.61 Å². The second kappa shape index (κ2) is 8.11. The van der Waals surface area contributed by atoms with Crippen LogP contribution in [0.15, 0.2) is 24.3 Å². The molecule has 0 radical (unpaired) electrons. The molecule has 0 aliphatic heterocycles. The number of hydrogen-bond acceptors (Lipinski definition) is 3. The Labute approximate surface area is 111 Å². The van der Waals surface area contributed by atoms with Gasteiger partial charge in [-0.15, -0.1) is 0 Å². The zero-order valence-corrected chi connectivity index (χ0v) is 12.1. The fourth-order valence-electron chi connectivity index (χ4n) is 2.14. The van der Waals surface area contributed by atoms with E-state index in [4.69, 9.17) is 4.74 Å². The third-order valence-electron chi connectivity index (χ3n) is 3.28. The van der Waals surface area contributed by atoms with Crippen LogP contribution in [-0.4, -0.2) is 38.2 Å². The summed E-state index contributed by atoms with van der Waals surface area (Å²) in [6, 6.07) is 8.61. The van der Waals surface area contributed by atoms with Crippen LogP contribution in [0.5, 0.6) is 5.75 Å². The predicted octanol–water partition coefficient (Wildman–Crippen LogP) is 2.69. The molecule has 0 aliphatic rings. The molecular formula is C15H26N2O. The molecule has 1 aromatic rings. The maximum absolute atomic E-state index is 5.71. The normalized spacial score (nSPS) is 12.7. The third kappa shape index (κ3) is 4.00. The molecule has 0 amide bonds. The first-order valence-electron chi connectivity index (χ1n) is 6.88. The average molecular weight is 250 g/mol. The molecule has 102 valence electrons. The zero-order chi connectivity index (χ0) is 13.4. The summed E-state index contributed by atoms with van der Waals surface area (Å²) in [5, 5.41) is 3.39. The predicted molar refractivity (Wildman–Crippen MR) is 77.2 cm³/mol. The van der Waals surface area contributed by atoms with Gasteiger partial charge in [-0.1, -0.05) is 32.0 Å². The number of nitrogens with zero attached hydrogens (tertiary/aromatic N) is 1. The molecular weight excluding hydrogens is 224 g/mol. The molecule has 1 aromatic carbocycles. The van der Waals surface area contributed by atoms with Crippen molar-refractivity contribution in [2.75, 3.05) is 33.3 Å². The molecule has 0 spiro atoms. The highest BCUT2D eigenvalue weighted by Crippen LogP contribution is 2.25. The van der Waals surface area contributed by atoms with Crippen LogP contribution in [0.3, 0.4) is 0 Å². The molecule has 18 heavy (non-hydrogen) atoms. The number of nitrogens with one attached hydrogen (secondary N) is 1. The fraction of sp³-hybridized carbons (Fsp3) is 0.600. The van der Waals surface area contributed by atoms with Gasteiger partial charge in [-0.25, -0.2) is 0 Å². The van der Waals surface area contributed by atoms with Crippen molar-refractivity contribution in [3.63, 3.8) is 0 Å². The lowest BCUT2D eigenvalue weighted by Crippen LogP contribution is -2.33. The lowest BCUT2D eigenvalue weighted by molar-refractivity contribution is 0.265. The molecule has 0 saturated heterocycles. The summed E-state index contributed by atoms with van der Waals surface area (Å²) in [5.74, 6) is 0.992. The van der Waals surface area contributed by atoms with Crippen molar-refractivity contribution in [3.05, 3.63) is 29.8 Å². The average Bonchev–Trinajstić information content (AvgIpc) is 2.42.